The van der Waals surface area contributed by atoms with Gasteiger partial charge in [0.05, 0.1) is 27.2 Å². The third-order valence-corrected chi connectivity index (χ3v) is 5.12. The Morgan fingerprint density at radius 3 is 2.82 bits per heavy atom. The lowest BCUT2D eigenvalue weighted by molar-refractivity contribution is 0.112. The molecule has 0 spiro atoms. The van der Waals surface area contributed by atoms with Gasteiger partial charge >= 0.3 is 0 Å². The lowest BCUT2D eigenvalue weighted by Crippen LogP contribution is -2.20. The van der Waals surface area contributed by atoms with Crippen molar-refractivity contribution in [2.75, 3.05) is 0 Å². The van der Waals surface area contributed by atoms with E-state index in [0.717, 1.165) is 30.6 Å². The normalized spacial score (nSPS) is 15.7. The Hall–Kier alpha value is -1.46. The lowest BCUT2D eigenvalue weighted by Gasteiger charge is -2.23. The third-order valence-electron chi connectivity index (χ3n) is 3.84. The number of thiophene rings is 1. The summed E-state index contributed by atoms with van der Waals surface area (Å²) in [6.07, 6.45) is 8.68. The van der Waals surface area contributed by atoms with E-state index in [1.165, 1.54) is 30.6 Å². The highest BCUT2D eigenvalue weighted by atomic mass is 35.5. The Labute approximate surface area is 138 Å². The highest BCUT2D eigenvalue weighted by molar-refractivity contribution is 7.19. The first kappa shape index (κ1) is 15.4. The summed E-state index contributed by atoms with van der Waals surface area (Å²) in [6, 6.07) is 1.64. The summed E-state index contributed by atoms with van der Waals surface area (Å²) in [6.45, 7) is 1.90. The second-order valence-corrected chi connectivity index (χ2v) is 7.16. The molecule has 0 aromatic carbocycles. The van der Waals surface area contributed by atoms with Crippen molar-refractivity contribution in [1.82, 2.24) is 9.97 Å². The molecule has 0 bridgehead atoms. The van der Waals surface area contributed by atoms with Gasteiger partial charge in [-0.1, -0.05) is 18.0 Å². The van der Waals surface area contributed by atoms with Gasteiger partial charge in [0.15, 0.2) is 17.9 Å². The number of halogens is 1. The standard InChI is InChI=1S/C16H17ClN2O2S/c1-10-13(21-12-5-3-2-4-6-12)8-18-16(19-10)15-11(9-20)7-14(17)22-15/h7-9,12H,2-6H2,1H3. The van der Waals surface area contributed by atoms with Crippen LogP contribution in [0, 0.1) is 6.92 Å². The van der Waals surface area contributed by atoms with Gasteiger partial charge in [-0.2, -0.15) is 0 Å². The van der Waals surface area contributed by atoms with E-state index in [-0.39, 0.29) is 6.10 Å². The van der Waals surface area contributed by atoms with Gasteiger partial charge in [0, 0.05) is 5.56 Å². The predicted octanol–water partition coefficient (Wildman–Crippen LogP) is 4.69. The van der Waals surface area contributed by atoms with Crippen LogP contribution in [0.5, 0.6) is 5.75 Å². The summed E-state index contributed by atoms with van der Waals surface area (Å²) in [7, 11) is 0. The second-order valence-electron chi connectivity index (χ2n) is 5.47. The molecule has 1 aliphatic rings. The zero-order valence-corrected chi connectivity index (χ0v) is 13.9. The van der Waals surface area contributed by atoms with E-state index >= 15 is 0 Å². The monoisotopic (exact) mass is 336 g/mol. The maximum absolute atomic E-state index is 11.1. The van der Waals surface area contributed by atoms with Gasteiger partial charge in [0.1, 0.15) is 0 Å². The minimum absolute atomic E-state index is 0.267. The zero-order valence-electron chi connectivity index (χ0n) is 12.3. The molecule has 0 amide bonds. The minimum atomic E-state index is 0.267. The van der Waals surface area contributed by atoms with Gasteiger partial charge < -0.3 is 4.74 Å². The number of carbonyl (C=O) groups is 1. The Bertz CT molecular complexity index is 681. The fourth-order valence-electron chi connectivity index (χ4n) is 2.68. The fraction of sp³-hybridized carbons (Fsp3) is 0.438. The van der Waals surface area contributed by atoms with Crippen LogP contribution in [0.1, 0.15) is 48.2 Å². The van der Waals surface area contributed by atoms with Crippen molar-refractivity contribution in [3.05, 3.63) is 27.9 Å². The smallest absolute Gasteiger partial charge is 0.170 e. The average Bonchev–Trinajstić information content (AvgIpc) is 2.91. The van der Waals surface area contributed by atoms with Crippen LogP contribution >= 0.6 is 22.9 Å². The zero-order chi connectivity index (χ0) is 15.5. The maximum atomic E-state index is 11.1. The molecule has 1 aliphatic carbocycles. The first-order valence-electron chi connectivity index (χ1n) is 7.42. The lowest BCUT2D eigenvalue weighted by atomic mass is 9.98. The summed E-state index contributed by atoms with van der Waals surface area (Å²) in [4.78, 5) is 20.6. The molecular weight excluding hydrogens is 320 g/mol. The van der Waals surface area contributed by atoms with Crippen molar-refractivity contribution in [3.8, 4) is 16.5 Å². The summed E-state index contributed by atoms with van der Waals surface area (Å²) in [5.74, 6) is 1.25. The molecule has 2 aromatic rings. The molecular formula is C16H17ClN2O2S. The molecule has 1 fully saturated rings. The predicted molar refractivity (Wildman–Crippen MR) is 88.0 cm³/mol. The van der Waals surface area contributed by atoms with Gasteiger partial charge in [0.25, 0.3) is 0 Å². The molecule has 0 unspecified atom stereocenters. The quantitative estimate of drug-likeness (QED) is 0.760. The average molecular weight is 337 g/mol. The first-order chi connectivity index (χ1) is 10.7. The van der Waals surface area contributed by atoms with Gasteiger partial charge in [-0.3, -0.25) is 4.79 Å². The molecule has 2 heterocycles. The first-order valence-corrected chi connectivity index (χ1v) is 8.62. The number of aromatic nitrogens is 2. The van der Waals surface area contributed by atoms with E-state index < -0.39 is 0 Å². The van der Waals surface area contributed by atoms with E-state index in [1.807, 2.05) is 6.92 Å². The molecule has 0 saturated heterocycles. The van der Waals surface area contributed by atoms with Crippen molar-refractivity contribution in [2.24, 2.45) is 0 Å². The molecule has 4 nitrogen and oxygen atoms in total. The van der Waals surface area contributed by atoms with E-state index in [4.69, 9.17) is 16.3 Å². The summed E-state index contributed by atoms with van der Waals surface area (Å²) in [5, 5.41) is 0. The molecule has 1 saturated carbocycles. The van der Waals surface area contributed by atoms with Crippen molar-refractivity contribution >= 4 is 29.2 Å². The van der Waals surface area contributed by atoms with Crippen LogP contribution < -0.4 is 4.74 Å². The Kier molecular flexibility index (Phi) is 4.74. The van der Waals surface area contributed by atoms with E-state index in [0.29, 0.717) is 20.6 Å². The Morgan fingerprint density at radius 1 is 1.36 bits per heavy atom. The molecule has 0 radical (unpaired) electrons. The number of hydrogen-bond acceptors (Lipinski definition) is 5. The number of aryl methyl sites for hydroxylation is 1. The summed E-state index contributed by atoms with van der Waals surface area (Å²) in [5.41, 5.74) is 1.31. The highest BCUT2D eigenvalue weighted by Crippen LogP contribution is 2.34. The van der Waals surface area contributed by atoms with Crippen LogP contribution in [0.15, 0.2) is 12.3 Å². The Morgan fingerprint density at radius 2 is 2.14 bits per heavy atom. The molecule has 22 heavy (non-hydrogen) atoms. The summed E-state index contributed by atoms with van der Waals surface area (Å²) >= 11 is 7.28. The molecule has 0 atom stereocenters. The third kappa shape index (κ3) is 3.31. The van der Waals surface area contributed by atoms with Crippen LogP contribution in [0.3, 0.4) is 0 Å². The molecule has 3 rings (SSSR count). The maximum Gasteiger partial charge on any atom is 0.170 e. The van der Waals surface area contributed by atoms with Gasteiger partial charge in [-0.25, -0.2) is 9.97 Å². The minimum Gasteiger partial charge on any atom is -0.487 e. The van der Waals surface area contributed by atoms with Crippen LogP contribution in [-0.4, -0.2) is 22.4 Å². The Balaban J connectivity index is 1.83. The van der Waals surface area contributed by atoms with Crippen molar-refractivity contribution in [2.45, 2.75) is 45.1 Å². The van der Waals surface area contributed by atoms with Gasteiger partial charge in [-0.15, -0.1) is 11.3 Å². The highest BCUT2D eigenvalue weighted by Gasteiger charge is 2.18. The van der Waals surface area contributed by atoms with E-state index in [2.05, 4.69) is 9.97 Å². The van der Waals surface area contributed by atoms with E-state index in [1.54, 1.807) is 12.3 Å². The molecule has 6 heteroatoms. The van der Waals surface area contributed by atoms with Gasteiger partial charge in [-0.05, 0) is 38.7 Å². The fourth-order valence-corrected chi connectivity index (χ4v) is 3.82. The number of ether oxygens (including phenoxy) is 1. The SMILES string of the molecule is Cc1nc(-c2sc(Cl)cc2C=O)ncc1OC1CCCCC1. The van der Waals surface area contributed by atoms with E-state index in [9.17, 15) is 4.79 Å². The number of nitrogens with zero attached hydrogens (tertiary/aromatic N) is 2. The van der Waals surface area contributed by atoms with Crippen LogP contribution in [0.4, 0.5) is 0 Å². The van der Waals surface area contributed by atoms with Crippen molar-refractivity contribution < 1.29 is 9.53 Å². The van der Waals surface area contributed by atoms with Crippen molar-refractivity contribution in [3.63, 3.8) is 0 Å². The number of hydrogen-bond donors (Lipinski definition) is 0. The molecule has 116 valence electrons. The van der Waals surface area contributed by atoms with Crippen molar-refractivity contribution in [1.29, 1.82) is 0 Å². The number of rotatable bonds is 4. The second kappa shape index (κ2) is 6.75. The molecule has 0 aliphatic heterocycles. The van der Waals surface area contributed by atoms with Crippen LogP contribution in [0.2, 0.25) is 4.34 Å². The molecule has 2 aromatic heterocycles. The number of aldehydes is 1. The molecule has 0 N–H and O–H groups in total. The number of carbonyl (C=O) groups excluding carboxylic acids is 1. The topological polar surface area (TPSA) is 52.1 Å². The van der Waals surface area contributed by atoms with Crippen LogP contribution in [0.25, 0.3) is 10.7 Å². The largest absolute Gasteiger partial charge is 0.487 e. The van der Waals surface area contributed by atoms with Crippen LogP contribution in [-0.2, 0) is 0 Å². The summed E-state index contributed by atoms with van der Waals surface area (Å²) < 4.78 is 6.58. The van der Waals surface area contributed by atoms with Gasteiger partial charge in [0.2, 0.25) is 0 Å².